The molecule has 9 heteroatoms. The fourth-order valence-electron chi connectivity index (χ4n) is 1.54. The lowest BCUT2D eigenvalue weighted by atomic mass is 10.3. The van der Waals surface area contributed by atoms with Gasteiger partial charge in [-0.05, 0) is 12.1 Å². The number of hydrogen-bond acceptors (Lipinski definition) is 7. The molecule has 0 radical (unpaired) electrons. The number of thiophene rings is 1. The second-order valence-corrected chi connectivity index (χ2v) is 4.70. The third-order valence-corrected chi connectivity index (χ3v) is 3.31. The Morgan fingerprint density at radius 3 is 2.50 bits per heavy atom. The van der Waals surface area contributed by atoms with E-state index in [9.17, 15) is 19.7 Å². The molecule has 0 aliphatic heterocycles. The van der Waals surface area contributed by atoms with Crippen LogP contribution in [0, 0.1) is 10.1 Å². The van der Waals surface area contributed by atoms with Gasteiger partial charge in [-0.15, -0.1) is 11.3 Å². The monoisotopic (exact) mass is 322 g/mol. The van der Waals surface area contributed by atoms with Gasteiger partial charge in [0.15, 0.2) is 0 Å². The minimum atomic E-state index is -0.822. The van der Waals surface area contributed by atoms with Crippen LogP contribution < -0.4 is 10.1 Å². The van der Waals surface area contributed by atoms with Gasteiger partial charge in [0.1, 0.15) is 5.75 Å². The third-order valence-electron chi connectivity index (χ3n) is 2.56. The Morgan fingerprint density at radius 1 is 1.23 bits per heavy atom. The van der Waals surface area contributed by atoms with Crippen molar-refractivity contribution in [2.24, 2.45) is 0 Å². The van der Waals surface area contributed by atoms with Gasteiger partial charge in [0.05, 0.1) is 23.3 Å². The van der Waals surface area contributed by atoms with Crippen LogP contribution in [0.1, 0.15) is 10.4 Å². The summed E-state index contributed by atoms with van der Waals surface area (Å²) in [5.74, 6) is -0.440. The van der Waals surface area contributed by atoms with Crippen LogP contribution in [0.5, 0.6) is 5.75 Å². The predicted octanol–water partition coefficient (Wildman–Crippen LogP) is 3.05. The molecule has 1 amide bonds. The first-order chi connectivity index (χ1) is 10.5. The number of nitro benzene ring substituents is 1. The van der Waals surface area contributed by atoms with Crippen LogP contribution in [0.2, 0.25) is 0 Å². The van der Waals surface area contributed by atoms with Crippen LogP contribution in [-0.4, -0.2) is 24.1 Å². The number of carbonyl (C=O) groups is 2. The van der Waals surface area contributed by atoms with E-state index in [-0.39, 0.29) is 22.7 Å². The molecular formula is C13H10N2O6S. The second-order valence-electron chi connectivity index (χ2n) is 3.96. The Bertz CT molecular complexity index is 710. The quantitative estimate of drug-likeness (QED) is 0.526. The van der Waals surface area contributed by atoms with E-state index in [2.05, 4.69) is 10.1 Å². The van der Waals surface area contributed by atoms with Gasteiger partial charge in [0.25, 0.3) is 5.69 Å². The summed E-state index contributed by atoms with van der Waals surface area (Å²) in [5, 5.41) is 16.0. The zero-order chi connectivity index (χ0) is 16.1. The topological polar surface area (TPSA) is 108 Å². The Hall–Kier alpha value is -2.94. The molecule has 1 aromatic carbocycles. The summed E-state index contributed by atoms with van der Waals surface area (Å²) < 4.78 is 9.55. The molecule has 114 valence electrons. The molecule has 1 heterocycles. The molecule has 8 nitrogen and oxygen atoms in total. The lowest BCUT2D eigenvalue weighted by Gasteiger charge is -2.06. The molecule has 1 N–H and O–H groups in total. The highest BCUT2D eigenvalue weighted by Gasteiger charge is 2.16. The molecule has 0 saturated heterocycles. The van der Waals surface area contributed by atoms with Gasteiger partial charge in [0.2, 0.25) is 0 Å². The van der Waals surface area contributed by atoms with E-state index in [0.717, 1.165) is 0 Å². The number of nitrogens with one attached hydrogen (secondary N) is 1. The Balaban J connectivity index is 2.03. The number of benzene rings is 1. The van der Waals surface area contributed by atoms with Crippen molar-refractivity contribution in [3.8, 4) is 5.75 Å². The van der Waals surface area contributed by atoms with Crippen LogP contribution in [0.3, 0.4) is 0 Å². The first kappa shape index (κ1) is 15.4. The second kappa shape index (κ2) is 6.68. The smallest absolute Gasteiger partial charge is 0.417 e. The number of non-ortho nitro benzene ring substituents is 1. The summed E-state index contributed by atoms with van der Waals surface area (Å²) in [7, 11) is 1.24. The summed E-state index contributed by atoms with van der Waals surface area (Å²) in [6.45, 7) is 0. The number of rotatable bonds is 4. The van der Waals surface area contributed by atoms with E-state index >= 15 is 0 Å². The largest absolute Gasteiger partial charge is 0.465 e. The number of anilines is 1. The fourth-order valence-corrected chi connectivity index (χ4v) is 2.29. The Kier molecular flexibility index (Phi) is 4.69. The third kappa shape index (κ3) is 3.58. The lowest BCUT2D eigenvalue weighted by molar-refractivity contribution is -0.384. The molecule has 0 saturated carbocycles. The average Bonchev–Trinajstić information content (AvgIpc) is 2.95. The van der Waals surface area contributed by atoms with Gasteiger partial charge in [-0.25, -0.2) is 9.59 Å². The predicted molar refractivity (Wildman–Crippen MR) is 78.4 cm³/mol. The zero-order valence-corrected chi connectivity index (χ0v) is 12.1. The van der Waals surface area contributed by atoms with Crippen LogP contribution >= 0.6 is 11.3 Å². The van der Waals surface area contributed by atoms with Crippen LogP contribution in [0.4, 0.5) is 16.2 Å². The van der Waals surface area contributed by atoms with Gasteiger partial charge in [-0.2, -0.15) is 0 Å². The number of carbonyl (C=O) groups excluding carboxylic acids is 2. The molecular weight excluding hydrogens is 312 g/mol. The van der Waals surface area contributed by atoms with Crippen LogP contribution in [-0.2, 0) is 4.74 Å². The van der Waals surface area contributed by atoms with Crippen molar-refractivity contribution in [2.75, 3.05) is 12.4 Å². The summed E-state index contributed by atoms with van der Waals surface area (Å²) in [4.78, 5) is 33.2. The zero-order valence-electron chi connectivity index (χ0n) is 11.3. The van der Waals surface area contributed by atoms with E-state index < -0.39 is 17.0 Å². The highest BCUT2D eigenvalue weighted by atomic mass is 32.1. The molecule has 0 spiro atoms. The van der Waals surface area contributed by atoms with Crippen molar-refractivity contribution in [3.05, 3.63) is 50.7 Å². The molecule has 0 aliphatic carbocycles. The maximum Gasteiger partial charge on any atom is 0.417 e. The standard InChI is InChI=1S/C13H10N2O6S/c1-20-12(16)10-6-22-7-11(10)14-13(17)21-9-4-2-8(3-5-9)15(18)19/h2-7H,1H3,(H,14,17). The van der Waals surface area contributed by atoms with Gasteiger partial charge >= 0.3 is 12.1 Å². The maximum absolute atomic E-state index is 11.7. The van der Waals surface area contributed by atoms with Crippen molar-refractivity contribution in [2.45, 2.75) is 0 Å². The minimum Gasteiger partial charge on any atom is -0.465 e. The van der Waals surface area contributed by atoms with Gasteiger partial charge in [-0.3, -0.25) is 15.4 Å². The van der Waals surface area contributed by atoms with E-state index in [4.69, 9.17) is 4.74 Å². The molecule has 0 atom stereocenters. The van der Waals surface area contributed by atoms with Crippen molar-refractivity contribution >= 4 is 34.8 Å². The summed E-state index contributed by atoms with van der Waals surface area (Å²) in [6, 6.07) is 5.03. The number of methoxy groups -OCH3 is 1. The number of esters is 1. The summed E-state index contributed by atoms with van der Waals surface area (Å²) >= 11 is 1.22. The van der Waals surface area contributed by atoms with E-state index in [1.807, 2.05) is 0 Å². The Morgan fingerprint density at radius 2 is 1.91 bits per heavy atom. The number of nitro groups is 1. The van der Waals surface area contributed by atoms with Gasteiger partial charge in [0, 0.05) is 22.9 Å². The number of amides is 1. The van der Waals surface area contributed by atoms with Crippen molar-refractivity contribution < 1.29 is 24.0 Å². The molecule has 0 unspecified atom stereocenters. The molecule has 2 aromatic rings. The normalized spacial score (nSPS) is 9.86. The lowest BCUT2D eigenvalue weighted by Crippen LogP contribution is -2.18. The summed E-state index contributed by atoms with van der Waals surface area (Å²) in [5.41, 5.74) is 0.371. The van der Waals surface area contributed by atoms with Crippen LogP contribution in [0.25, 0.3) is 0 Å². The first-order valence-electron chi connectivity index (χ1n) is 5.89. The SMILES string of the molecule is COC(=O)c1cscc1NC(=O)Oc1ccc([N+](=O)[O-])cc1. The minimum absolute atomic E-state index is 0.112. The first-order valence-corrected chi connectivity index (χ1v) is 6.83. The molecule has 22 heavy (non-hydrogen) atoms. The number of nitrogens with zero attached hydrogens (tertiary/aromatic N) is 1. The Labute approximate surface area is 128 Å². The van der Waals surface area contributed by atoms with Crippen molar-refractivity contribution in [1.29, 1.82) is 0 Å². The average molecular weight is 322 g/mol. The molecule has 0 bridgehead atoms. The van der Waals surface area contributed by atoms with E-state index in [1.54, 1.807) is 5.38 Å². The maximum atomic E-state index is 11.7. The fraction of sp³-hybridized carbons (Fsp3) is 0.0769. The molecule has 0 fully saturated rings. The molecule has 0 aliphatic rings. The van der Waals surface area contributed by atoms with Gasteiger partial charge < -0.3 is 9.47 Å². The number of hydrogen-bond donors (Lipinski definition) is 1. The number of ether oxygens (including phenoxy) is 2. The van der Waals surface area contributed by atoms with Crippen molar-refractivity contribution in [1.82, 2.24) is 0 Å². The van der Waals surface area contributed by atoms with Crippen LogP contribution in [0.15, 0.2) is 35.0 Å². The van der Waals surface area contributed by atoms with Crippen molar-refractivity contribution in [3.63, 3.8) is 0 Å². The highest BCUT2D eigenvalue weighted by Crippen LogP contribution is 2.23. The summed E-state index contributed by atoms with van der Waals surface area (Å²) in [6.07, 6.45) is -0.822. The van der Waals surface area contributed by atoms with E-state index in [0.29, 0.717) is 0 Å². The molecule has 1 aromatic heterocycles. The van der Waals surface area contributed by atoms with E-state index in [1.165, 1.54) is 48.1 Å². The van der Waals surface area contributed by atoms with Gasteiger partial charge in [-0.1, -0.05) is 0 Å². The molecule has 2 rings (SSSR count). The highest BCUT2D eigenvalue weighted by molar-refractivity contribution is 7.08.